The lowest BCUT2D eigenvalue weighted by atomic mass is 10.2. The maximum atomic E-state index is 12.8. The summed E-state index contributed by atoms with van der Waals surface area (Å²) >= 11 is 6.52. The minimum Gasteiger partial charge on any atom is -0.392 e. The lowest BCUT2D eigenvalue weighted by molar-refractivity contribution is 0.807. The number of aryl methyl sites for hydroxylation is 1. The van der Waals surface area contributed by atoms with E-state index in [4.69, 9.17) is 18.0 Å². The Morgan fingerprint density at radius 2 is 2.14 bits per heavy atom. The van der Waals surface area contributed by atoms with E-state index in [0.29, 0.717) is 11.2 Å². The van der Waals surface area contributed by atoms with Crippen molar-refractivity contribution in [1.29, 1.82) is 0 Å². The van der Waals surface area contributed by atoms with Gasteiger partial charge in [0.05, 0.1) is 16.9 Å². The third-order valence-electron chi connectivity index (χ3n) is 3.30. The molecular weight excluding hydrogens is 316 g/mol. The molecule has 0 saturated carbocycles. The van der Waals surface area contributed by atoms with Gasteiger partial charge >= 0.3 is 0 Å². The molecule has 0 atom stereocenters. The van der Waals surface area contributed by atoms with Gasteiger partial charge in [0.2, 0.25) is 0 Å². The van der Waals surface area contributed by atoms with Gasteiger partial charge in [0.1, 0.15) is 10.7 Å². The molecule has 3 aromatic heterocycles. The van der Waals surface area contributed by atoms with Crippen LogP contribution in [-0.4, -0.2) is 19.5 Å². The summed E-state index contributed by atoms with van der Waals surface area (Å²) in [7, 11) is 0. The Bertz CT molecular complexity index is 899. The van der Waals surface area contributed by atoms with Crippen LogP contribution in [0.1, 0.15) is 11.8 Å². The van der Waals surface area contributed by atoms with Crippen LogP contribution in [0.4, 0.5) is 0 Å². The summed E-state index contributed by atoms with van der Waals surface area (Å²) in [5.41, 5.74) is 6.36. The van der Waals surface area contributed by atoms with Gasteiger partial charge in [0, 0.05) is 22.8 Å². The number of pyridine rings is 1. The van der Waals surface area contributed by atoms with Crippen LogP contribution in [0.3, 0.4) is 0 Å². The summed E-state index contributed by atoms with van der Waals surface area (Å²) in [5, 5.41) is 0.621. The highest BCUT2D eigenvalue weighted by Gasteiger charge is 2.15. The number of hydrogen-bond acceptors (Lipinski definition) is 5. The maximum Gasteiger partial charge on any atom is 0.262 e. The van der Waals surface area contributed by atoms with E-state index in [0.717, 1.165) is 21.7 Å². The van der Waals surface area contributed by atoms with Gasteiger partial charge in [0.25, 0.3) is 5.56 Å². The van der Waals surface area contributed by atoms with Crippen molar-refractivity contribution in [1.82, 2.24) is 14.5 Å². The second-order valence-electron chi connectivity index (χ2n) is 4.81. The van der Waals surface area contributed by atoms with Crippen LogP contribution >= 0.6 is 23.6 Å². The van der Waals surface area contributed by atoms with Crippen molar-refractivity contribution in [2.24, 2.45) is 5.73 Å². The number of aromatic nitrogens is 3. The van der Waals surface area contributed by atoms with Crippen LogP contribution in [0.5, 0.6) is 0 Å². The van der Waals surface area contributed by atoms with Gasteiger partial charge in [-0.1, -0.05) is 19.1 Å². The van der Waals surface area contributed by atoms with E-state index < -0.39 is 0 Å². The fourth-order valence-electron chi connectivity index (χ4n) is 2.26. The Balaban J connectivity index is 2.33. The molecule has 5 nitrogen and oxygen atoms in total. The molecule has 2 N–H and O–H groups in total. The normalized spacial score (nSPS) is 11.0. The fourth-order valence-corrected chi connectivity index (χ4v) is 3.35. The predicted molar refractivity (Wildman–Crippen MR) is 93.3 cm³/mol. The largest absolute Gasteiger partial charge is 0.392 e. The molecule has 0 spiro atoms. The Morgan fingerprint density at radius 3 is 2.77 bits per heavy atom. The van der Waals surface area contributed by atoms with E-state index in [1.807, 2.05) is 18.2 Å². The summed E-state index contributed by atoms with van der Waals surface area (Å²) < 4.78 is 1.53. The number of rotatable bonds is 4. The Morgan fingerprint density at radius 1 is 1.41 bits per heavy atom. The molecule has 0 unspecified atom stereocenters. The molecule has 0 aromatic carbocycles. The quantitative estimate of drug-likeness (QED) is 0.744. The number of nitrogens with zero attached hydrogens (tertiary/aromatic N) is 3. The zero-order valence-electron chi connectivity index (χ0n) is 11.9. The molecule has 0 radical (unpaired) electrons. The number of fused-ring (bicyclic) bond motifs is 1. The maximum absolute atomic E-state index is 12.8. The third-order valence-corrected chi connectivity index (χ3v) is 4.61. The highest BCUT2D eigenvalue weighted by atomic mass is 32.1. The van der Waals surface area contributed by atoms with Crippen molar-refractivity contribution in [3.8, 4) is 11.4 Å². The third kappa shape index (κ3) is 2.65. The highest BCUT2D eigenvalue weighted by Crippen LogP contribution is 2.25. The van der Waals surface area contributed by atoms with Gasteiger partial charge in [-0.3, -0.25) is 14.3 Å². The molecule has 3 aromatic rings. The van der Waals surface area contributed by atoms with Gasteiger partial charge in [-0.2, -0.15) is 0 Å². The molecule has 0 aliphatic heterocycles. The summed E-state index contributed by atoms with van der Waals surface area (Å²) in [6, 6.07) is 5.54. The molecule has 3 heterocycles. The first-order chi connectivity index (χ1) is 10.6. The Hall–Kier alpha value is -2.12. The van der Waals surface area contributed by atoms with E-state index in [1.165, 1.54) is 4.57 Å². The smallest absolute Gasteiger partial charge is 0.262 e. The summed E-state index contributed by atoms with van der Waals surface area (Å²) in [6.45, 7) is 2.23. The van der Waals surface area contributed by atoms with E-state index >= 15 is 0 Å². The van der Waals surface area contributed by atoms with Gasteiger partial charge in [-0.15, -0.1) is 11.3 Å². The molecule has 0 fully saturated rings. The standard InChI is InChI=1S/C15H14N4OS2/c1-2-10-7-11-14(22-10)18-13(9-3-5-17-6-4-9)19(15(11)20)8-12(16)21/h3-7H,2,8H2,1H3,(H2,16,21). The first kappa shape index (κ1) is 14.8. The number of hydrogen-bond donors (Lipinski definition) is 1. The lowest BCUT2D eigenvalue weighted by Crippen LogP contribution is -2.29. The fraction of sp³-hybridized carbons (Fsp3) is 0.200. The molecule has 7 heteroatoms. The number of thiophene rings is 1. The van der Waals surface area contributed by atoms with E-state index in [2.05, 4.69) is 16.9 Å². The highest BCUT2D eigenvalue weighted by molar-refractivity contribution is 7.80. The minimum absolute atomic E-state index is 0.111. The first-order valence-electron chi connectivity index (χ1n) is 6.82. The molecule has 3 rings (SSSR count). The second-order valence-corrected chi connectivity index (χ2v) is 6.45. The molecule has 0 aliphatic rings. The van der Waals surface area contributed by atoms with E-state index in [9.17, 15) is 4.79 Å². The monoisotopic (exact) mass is 330 g/mol. The zero-order valence-corrected chi connectivity index (χ0v) is 13.6. The lowest BCUT2D eigenvalue weighted by Gasteiger charge is -2.11. The average Bonchev–Trinajstić information content (AvgIpc) is 2.94. The van der Waals surface area contributed by atoms with Crippen LogP contribution < -0.4 is 11.3 Å². The summed E-state index contributed by atoms with van der Waals surface area (Å²) in [4.78, 5) is 23.6. The predicted octanol–water partition coefficient (Wildman–Crippen LogP) is 2.37. The zero-order chi connectivity index (χ0) is 15.7. The first-order valence-corrected chi connectivity index (χ1v) is 8.04. The molecule has 0 amide bonds. The van der Waals surface area contributed by atoms with Crippen molar-refractivity contribution in [2.45, 2.75) is 19.9 Å². The molecule has 22 heavy (non-hydrogen) atoms. The van der Waals surface area contributed by atoms with E-state index in [-0.39, 0.29) is 17.1 Å². The van der Waals surface area contributed by atoms with Gasteiger partial charge in [0.15, 0.2) is 0 Å². The number of thiocarbonyl (C=S) groups is 1. The van der Waals surface area contributed by atoms with Gasteiger partial charge in [-0.05, 0) is 24.6 Å². The average molecular weight is 330 g/mol. The van der Waals surface area contributed by atoms with Crippen LogP contribution in [0, 0.1) is 0 Å². The SMILES string of the molecule is CCc1cc2c(=O)n(CC(N)=S)c(-c3ccncc3)nc2s1. The molecule has 112 valence electrons. The van der Waals surface area contributed by atoms with Crippen LogP contribution in [0.15, 0.2) is 35.4 Å². The summed E-state index contributed by atoms with van der Waals surface area (Å²) in [5.74, 6) is 0.567. The van der Waals surface area contributed by atoms with Crippen LogP contribution in [-0.2, 0) is 13.0 Å². The molecule has 0 bridgehead atoms. The van der Waals surface area contributed by atoms with Crippen LogP contribution in [0.2, 0.25) is 0 Å². The Labute approximate surface area is 136 Å². The topological polar surface area (TPSA) is 73.8 Å². The number of nitrogens with two attached hydrogens (primary N) is 1. The van der Waals surface area contributed by atoms with Crippen molar-refractivity contribution in [3.05, 3.63) is 45.8 Å². The van der Waals surface area contributed by atoms with Crippen molar-refractivity contribution >= 4 is 38.8 Å². The van der Waals surface area contributed by atoms with Crippen molar-refractivity contribution < 1.29 is 0 Å². The van der Waals surface area contributed by atoms with Gasteiger partial charge < -0.3 is 5.73 Å². The Kier molecular flexibility index (Phi) is 4.00. The molecule has 0 aliphatic carbocycles. The molecule has 0 saturated heterocycles. The summed E-state index contributed by atoms with van der Waals surface area (Å²) in [6.07, 6.45) is 4.21. The van der Waals surface area contributed by atoms with Crippen molar-refractivity contribution in [2.75, 3.05) is 0 Å². The minimum atomic E-state index is -0.111. The van der Waals surface area contributed by atoms with E-state index in [1.54, 1.807) is 23.7 Å². The van der Waals surface area contributed by atoms with Crippen LogP contribution in [0.25, 0.3) is 21.6 Å². The van der Waals surface area contributed by atoms with Crippen molar-refractivity contribution in [3.63, 3.8) is 0 Å². The molecular formula is C15H14N4OS2. The van der Waals surface area contributed by atoms with Gasteiger partial charge in [-0.25, -0.2) is 4.98 Å². The second kappa shape index (κ2) is 5.94.